The molecular weight excluding hydrogens is 326 g/mol. The number of likely N-dealkylation sites (N-methyl/N-ethyl adjacent to an activating group) is 1. The van der Waals surface area contributed by atoms with Gasteiger partial charge in [0.05, 0.1) is 4.34 Å². The fraction of sp³-hybridized carbons (Fsp3) is 0.278. The first-order valence-electron chi connectivity index (χ1n) is 7.54. The second-order valence-corrected chi connectivity index (χ2v) is 7.54. The van der Waals surface area contributed by atoms with Gasteiger partial charge in [-0.2, -0.15) is 0 Å². The molecule has 1 aromatic carbocycles. The number of fused-ring (bicyclic) bond motifs is 1. The van der Waals surface area contributed by atoms with Gasteiger partial charge < -0.3 is 10.6 Å². The lowest BCUT2D eigenvalue weighted by Crippen LogP contribution is -2.30. The van der Waals surface area contributed by atoms with Crippen molar-refractivity contribution < 1.29 is 0 Å². The number of nitrogens with two attached hydrogens (primary N) is 1. The third-order valence-corrected chi connectivity index (χ3v) is 5.45. The summed E-state index contributed by atoms with van der Waals surface area (Å²) in [5.41, 5.74) is 10.5. The van der Waals surface area contributed by atoms with Crippen LogP contribution in [0.4, 0.5) is 0 Å². The zero-order chi connectivity index (χ0) is 16.4. The molecule has 2 heterocycles. The van der Waals surface area contributed by atoms with Crippen molar-refractivity contribution in [2.45, 2.75) is 12.5 Å². The highest BCUT2D eigenvalue weighted by Crippen LogP contribution is 2.41. The number of benzene rings is 1. The molecule has 0 fully saturated rings. The van der Waals surface area contributed by atoms with Crippen LogP contribution in [-0.2, 0) is 6.54 Å². The van der Waals surface area contributed by atoms with E-state index in [1.54, 1.807) is 24.6 Å². The summed E-state index contributed by atoms with van der Waals surface area (Å²) in [4.78, 5) is 7.83. The van der Waals surface area contributed by atoms with Crippen LogP contribution < -0.4 is 5.73 Å². The number of nitrogens with zero attached hydrogens (tertiary/aromatic N) is 2. The molecule has 1 atom stereocenters. The number of rotatable bonds is 3. The molecule has 0 saturated carbocycles. The second-order valence-electron chi connectivity index (χ2n) is 5.77. The highest BCUT2D eigenvalue weighted by Gasteiger charge is 2.28. The summed E-state index contributed by atoms with van der Waals surface area (Å²) >= 11 is 7.96. The fourth-order valence-corrected chi connectivity index (χ4v) is 4.64. The average Bonchev–Trinajstić information content (AvgIpc) is 2.92. The Morgan fingerprint density at radius 1 is 1.39 bits per heavy atom. The van der Waals surface area contributed by atoms with Crippen molar-refractivity contribution in [2.24, 2.45) is 10.7 Å². The minimum Gasteiger partial charge on any atom is -0.404 e. The number of hydrogen-bond donors (Lipinski definition) is 1. The molecule has 0 spiro atoms. The maximum absolute atomic E-state index is 6.28. The van der Waals surface area contributed by atoms with Gasteiger partial charge in [-0.15, -0.1) is 11.3 Å². The van der Waals surface area contributed by atoms with Gasteiger partial charge >= 0.3 is 0 Å². The Morgan fingerprint density at radius 3 is 2.91 bits per heavy atom. The largest absolute Gasteiger partial charge is 0.404 e. The molecule has 0 saturated heterocycles. The number of aliphatic imine (C=N–C) groups is 1. The minimum atomic E-state index is 0.295. The van der Waals surface area contributed by atoms with Crippen molar-refractivity contribution in [3.63, 3.8) is 0 Å². The Hall–Kier alpha value is -1.62. The normalized spacial score (nSPS) is 19.3. The van der Waals surface area contributed by atoms with Gasteiger partial charge in [0.15, 0.2) is 0 Å². The van der Waals surface area contributed by atoms with E-state index in [0.717, 1.165) is 28.6 Å². The Morgan fingerprint density at radius 2 is 2.17 bits per heavy atom. The number of thiophene rings is 1. The van der Waals surface area contributed by atoms with Crippen molar-refractivity contribution >= 4 is 34.7 Å². The van der Waals surface area contributed by atoms with E-state index in [4.69, 9.17) is 17.3 Å². The van der Waals surface area contributed by atoms with E-state index in [9.17, 15) is 0 Å². The van der Waals surface area contributed by atoms with E-state index in [0.29, 0.717) is 5.92 Å². The second kappa shape index (κ2) is 6.87. The molecule has 0 bridgehead atoms. The first kappa shape index (κ1) is 16.2. The standard InChI is InChI=1S/C18H20ClN3S/c1-21-9-12(8-20)13-5-3-4-6-14(13)16-10-22(2)11-17-15(16)7-18(19)23-17/h3-9,16H,10-11,20H2,1-2H3/b12-8+,21-9?. The lowest BCUT2D eigenvalue weighted by molar-refractivity contribution is 0.299. The van der Waals surface area contributed by atoms with Crippen LogP contribution in [0.15, 0.2) is 41.5 Å². The number of halogens is 1. The van der Waals surface area contributed by atoms with Gasteiger partial charge in [-0.25, -0.2) is 0 Å². The maximum Gasteiger partial charge on any atom is 0.0934 e. The molecule has 5 heteroatoms. The molecule has 2 N–H and O–H groups in total. The Kier molecular flexibility index (Phi) is 4.85. The van der Waals surface area contributed by atoms with Gasteiger partial charge in [-0.05, 0) is 29.8 Å². The van der Waals surface area contributed by atoms with Crippen LogP contribution in [0.3, 0.4) is 0 Å². The van der Waals surface area contributed by atoms with Crippen molar-refractivity contribution in [1.82, 2.24) is 4.90 Å². The monoisotopic (exact) mass is 345 g/mol. The fourth-order valence-electron chi connectivity index (χ4n) is 3.22. The van der Waals surface area contributed by atoms with E-state index in [-0.39, 0.29) is 0 Å². The van der Waals surface area contributed by atoms with E-state index in [1.807, 2.05) is 12.3 Å². The maximum atomic E-state index is 6.28. The molecule has 120 valence electrons. The van der Waals surface area contributed by atoms with Gasteiger partial charge in [0.25, 0.3) is 0 Å². The molecule has 0 aliphatic carbocycles. The molecule has 23 heavy (non-hydrogen) atoms. The predicted molar refractivity (Wildman–Crippen MR) is 101 cm³/mol. The van der Waals surface area contributed by atoms with Gasteiger partial charge in [0.1, 0.15) is 0 Å². The first-order chi connectivity index (χ1) is 11.1. The summed E-state index contributed by atoms with van der Waals surface area (Å²) in [7, 11) is 3.91. The SMILES string of the molecule is CN=C/C(=C\N)c1ccccc1C1CN(C)Cc2sc(Cl)cc21. The van der Waals surface area contributed by atoms with E-state index in [1.165, 1.54) is 16.0 Å². The molecule has 2 aromatic rings. The number of allylic oxidation sites excluding steroid dienone is 1. The molecule has 3 rings (SSSR count). The summed E-state index contributed by atoms with van der Waals surface area (Å²) in [6.45, 7) is 1.93. The van der Waals surface area contributed by atoms with Gasteiger partial charge in [-0.1, -0.05) is 35.9 Å². The molecule has 0 radical (unpaired) electrons. The third-order valence-electron chi connectivity index (χ3n) is 4.19. The predicted octanol–water partition coefficient (Wildman–Crippen LogP) is 3.98. The molecule has 3 nitrogen and oxygen atoms in total. The third kappa shape index (κ3) is 3.20. The molecular formula is C18H20ClN3S. The number of hydrogen-bond acceptors (Lipinski definition) is 4. The Labute approximate surface area is 146 Å². The summed E-state index contributed by atoms with van der Waals surface area (Å²) < 4.78 is 0.859. The van der Waals surface area contributed by atoms with Crippen LogP contribution in [0.1, 0.15) is 27.5 Å². The quantitative estimate of drug-likeness (QED) is 0.855. The highest BCUT2D eigenvalue weighted by molar-refractivity contribution is 7.16. The zero-order valence-corrected chi connectivity index (χ0v) is 14.9. The van der Waals surface area contributed by atoms with Crippen LogP contribution >= 0.6 is 22.9 Å². The molecule has 1 aliphatic heterocycles. The van der Waals surface area contributed by atoms with Crippen LogP contribution in [0, 0.1) is 0 Å². The van der Waals surface area contributed by atoms with Gasteiger partial charge in [-0.3, -0.25) is 4.99 Å². The molecule has 1 aromatic heterocycles. The summed E-state index contributed by atoms with van der Waals surface area (Å²) in [5.74, 6) is 0.295. The lowest BCUT2D eigenvalue weighted by atomic mass is 9.84. The summed E-state index contributed by atoms with van der Waals surface area (Å²) in [6, 6.07) is 10.5. The Bertz CT molecular complexity index is 763. The van der Waals surface area contributed by atoms with Gasteiger partial charge in [0.2, 0.25) is 0 Å². The van der Waals surface area contributed by atoms with Crippen LogP contribution in [0.5, 0.6) is 0 Å². The summed E-state index contributed by atoms with van der Waals surface area (Å²) in [5, 5.41) is 0. The van der Waals surface area contributed by atoms with E-state index < -0.39 is 0 Å². The van der Waals surface area contributed by atoms with Crippen molar-refractivity contribution in [1.29, 1.82) is 0 Å². The van der Waals surface area contributed by atoms with Gasteiger partial charge in [0, 0.05) is 48.9 Å². The first-order valence-corrected chi connectivity index (χ1v) is 8.73. The highest BCUT2D eigenvalue weighted by atomic mass is 35.5. The van der Waals surface area contributed by atoms with Crippen molar-refractivity contribution in [2.75, 3.05) is 20.6 Å². The topological polar surface area (TPSA) is 41.6 Å². The zero-order valence-electron chi connectivity index (χ0n) is 13.3. The van der Waals surface area contributed by atoms with E-state index in [2.05, 4.69) is 41.2 Å². The summed E-state index contributed by atoms with van der Waals surface area (Å²) in [6.07, 6.45) is 3.44. The van der Waals surface area contributed by atoms with Crippen LogP contribution in [0.25, 0.3) is 5.57 Å². The minimum absolute atomic E-state index is 0.295. The molecule has 0 amide bonds. The van der Waals surface area contributed by atoms with Crippen LogP contribution in [-0.4, -0.2) is 31.8 Å². The van der Waals surface area contributed by atoms with E-state index >= 15 is 0 Å². The molecule has 1 aliphatic rings. The van der Waals surface area contributed by atoms with Crippen LogP contribution in [0.2, 0.25) is 4.34 Å². The van der Waals surface area contributed by atoms with Crippen molar-refractivity contribution in [3.8, 4) is 0 Å². The average molecular weight is 346 g/mol. The lowest BCUT2D eigenvalue weighted by Gasteiger charge is -2.31. The molecule has 1 unspecified atom stereocenters. The Balaban J connectivity index is 2.13. The van der Waals surface area contributed by atoms with Crippen molar-refractivity contribution in [3.05, 3.63) is 62.4 Å². The smallest absolute Gasteiger partial charge is 0.0934 e.